The second kappa shape index (κ2) is 12.1. The van der Waals surface area contributed by atoms with Crippen molar-refractivity contribution in [3.8, 4) is 17.2 Å². The zero-order valence-electron chi connectivity index (χ0n) is 17.3. The van der Waals surface area contributed by atoms with Gasteiger partial charge in [-0.15, -0.1) is 0 Å². The van der Waals surface area contributed by atoms with Crippen LogP contribution < -0.4 is 19.6 Å². The van der Waals surface area contributed by atoms with E-state index in [9.17, 15) is 4.79 Å². The highest BCUT2D eigenvalue weighted by molar-refractivity contribution is 9.10. The Hall–Kier alpha value is -3.10. The number of carbonyl (C=O) groups is 1. The molecule has 0 saturated carbocycles. The number of nitrogens with one attached hydrogen (secondary N) is 1. The number of ether oxygens (including phenoxy) is 3. The minimum atomic E-state index is -0.324. The molecule has 2 aromatic carbocycles. The molecule has 0 unspecified atom stereocenters. The van der Waals surface area contributed by atoms with Gasteiger partial charge in [0.05, 0.1) is 31.0 Å². The van der Waals surface area contributed by atoms with Crippen molar-refractivity contribution in [1.29, 1.82) is 0 Å². The highest BCUT2D eigenvalue weighted by atomic mass is 79.9. The summed E-state index contributed by atoms with van der Waals surface area (Å²) in [6, 6.07) is 14.0. The number of aromatic nitrogens is 1. The van der Waals surface area contributed by atoms with Crippen molar-refractivity contribution >= 4 is 39.7 Å². The van der Waals surface area contributed by atoms with E-state index in [1.807, 2.05) is 18.2 Å². The molecule has 0 fully saturated rings. The average Bonchev–Trinajstić information content (AvgIpc) is 2.81. The molecule has 0 aliphatic carbocycles. The predicted molar refractivity (Wildman–Crippen MR) is 127 cm³/mol. The molecule has 7 nitrogen and oxygen atoms in total. The molecule has 0 bridgehead atoms. The number of halogens is 2. The van der Waals surface area contributed by atoms with Gasteiger partial charge in [-0.3, -0.25) is 9.78 Å². The van der Waals surface area contributed by atoms with Crippen LogP contribution in [0.1, 0.15) is 22.3 Å². The number of methoxy groups -OCH3 is 1. The van der Waals surface area contributed by atoms with Gasteiger partial charge in [-0.1, -0.05) is 11.6 Å². The van der Waals surface area contributed by atoms with Gasteiger partial charge in [0.25, 0.3) is 5.91 Å². The molecular formula is C23H21BrClN3O4. The van der Waals surface area contributed by atoms with Gasteiger partial charge in [0.15, 0.2) is 11.5 Å². The maximum absolute atomic E-state index is 12.0. The lowest BCUT2D eigenvalue weighted by Gasteiger charge is -2.14. The van der Waals surface area contributed by atoms with E-state index in [-0.39, 0.29) is 5.91 Å². The number of hydrazone groups is 1. The van der Waals surface area contributed by atoms with Gasteiger partial charge in [-0.25, -0.2) is 5.43 Å². The lowest BCUT2D eigenvalue weighted by molar-refractivity contribution is 0.0955. The number of pyridine rings is 1. The molecule has 0 saturated heterocycles. The summed E-state index contributed by atoms with van der Waals surface area (Å²) in [6.45, 7) is 0.946. The van der Waals surface area contributed by atoms with Crippen molar-refractivity contribution in [1.82, 2.24) is 10.4 Å². The van der Waals surface area contributed by atoms with E-state index in [0.717, 1.165) is 11.3 Å². The van der Waals surface area contributed by atoms with E-state index >= 15 is 0 Å². The first-order valence-corrected chi connectivity index (χ1v) is 10.9. The molecule has 0 spiro atoms. The number of nitrogens with zero attached hydrogens (tertiary/aromatic N) is 2. The molecule has 32 heavy (non-hydrogen) atoms. The third-order valence-electron chi connectivity index (χ3n) is 4.19. The molecule has 0 aliphatic rings. The fourth-order valence-corrected chi connectivity index (χ4v) is 3.34. The van der Waals surface area contributed by atoms with Crippen molar-refractivity contribution < 1.29 is 19.0 Å². The number of benzene rings is 2. The Kier molecular flexibility index (Phi) is 8.89. The molecule has 3 rings (SSSR count). The van der Waals surface area contributed by atoms with Crippen LogP contribution in [-0.2, 0) is 0 Å². The topological polar surface area (TPSA) is 82.0 Å². The molecule has 9 heteroatoms. The van der Waals surface area contributed by atoms with Crippen LogP contribution in [0, 0.1) is 0 Å². The number of carbonyl (C=O) groups excluding carboxylic acids is 1. The maximum atomic E-state index is 12.0. The second-order valence-electron chi connectivity index (χ2n) is 6.47. The molecular weight excluding hydrogens is 498 g/mol. The maximum Gasteiger partial charge on any atom is 0.271 e. The van der Waals surface area contributed by atoms with Crippen LogP contribution >= 0.6 is 27.5 Å². The minimum absolute atomic E-state index is 0.324. The van der Waals surface area contributed by atoms with Gasteiger partial charge in [0, 0.05) is 29.4 Å². The van der Waals surface area contributed by atoms with E-state index in [1.165, 1.54) is 6.21 Å². The van der Waals surface area contributed by atoms with Crippen LogP contribution in [0.3, 0.4) is 0 Å². The Labute approximate surface area is 199 Å². The number of amides is 1. The fraction of sp³-hybridized carbons (Fsp3) is 0.174. The summed E-state index contributed by atoms with van der Waals surface area (Å²) in [6.07, 6.45) is 5.30. The summed E-state index contributed by atoms with van der Waals surface area (Å²) in [4.78, 5) is 15.9. The number of rotatable bonds is 10. The summed E-state index contributed by atoms with van der Waals surface area (Å²) in [5.41, 5.74) is 3.67. The van der Waals surface area contributed by atoms with Crippen molar-refractivity contribution in [3.63, 3.8) is 0 Å². The normalized spacial score (nSPS) is 10.7. The van der Waals surface area contributed by atoms with E-state index in [1.54, 1.807) is 49.8 Å². The first-order chi connectivity index (χ1) is 15.6. The molecule has 1 aromatic heterocycles. The smallest absolute Gasteiger partial charge is 0.271 e. The van der Waals surface area contributed by atoms with Crippen LogP contribution in [-0.4, -0.2) is 37.4 Å². The van der Waals surface area contributed by atoms with E-state index in [0.29, 0.717) is 46.2 Å². The summed E-state index contributed by atoms with van der Waals surface area (Å²) in [5.74, 6) is 1.56. The fourth-order valence-electron chi connectivity index (χ4n) is 2.64. The van der Waals surface area contributed by atoms with Crippen LogP contribution in [0.4, 0.5) is 0 Å². The van der Waals surface area contributed by atoms with Crippen molar-refractivity contribution in [2.45, 2.75) is 6.42 Å². The largest absolute Gasteiger partial charge is 0.493 e. The van der Waals surface area contributed by atoms with Gasteiger partial charge in [-0.05, 0) is 70.0 Å². The molecule has 1 heterocycles. The molecule has 166 valence electrons. The van der Waals surface area contributed by atoms with Gasteiger partial charge < -0.3 is 14.2 Å². The van der Waals surface area contributed by atoms with Crippen molar-refractivity contribution in [2.75, 3.05) is 20.3 Å². The van der Waals surface area contributed by atoms with Crippen LogP contribution in [0.15, 0.2) is 70.5 Å². The van der Waals surface area contributed by atoms with Crippen LogP contribution in [0.2, 0.25) is 5.02 Å². The van der Waals surface area contributed by atoms with Gasteiger partial charge in [0.1, 0.15) is 5.75 Å². The Morgan fingerprint density at radius 1 is 1.12 bits per heavy atom. The monoisotopic (exact) mass is 517 g/mol. The Morgan fingerprint density at radius 2 is 1.84 bits per heavy atom. The van der Waals surface area contributed by atoms with E-state index < -0.39 is 0 Å². The predicted octanol–water partition coefficient (Wildman–Crippen LogP) is 5.12. The zero-order chi connectivity index (χ0) is 22.8. The van der Waals surface area contributed by atoms with Crippen molar-refractivity contribution in [2.24, 2.45) is 5.10 Å². The SMILES string of the molecule is COc1cc(/C=N\NC(=O)c2ccncc2)cc(Br)c1OCCCOc1ccc(Cl)cc1. The van der Waals surface area contributed by atoms with Crippen LogP contribution in [0.25, 0.3) is 0 Å². The minimum Gasteiger partial charge on any atom is -0.493 e. The Balaban J connectivity index is 1.52. The average molecular weight is 519 g/mol. The molecule has 0 atom stereocenters. The van der Waals surface area contributed by atoms with Crippen LogP contribution in [0.5, 0.6) is 17.2 Å². The molecule has 1 N–H and O–H groups in total. The van der Waals surface area contributed by atoms with Gasteiger partial charge >= 0.3 is 0 Å². The summed E-state index contributed by atoms with van der Waals surface area (Å²) < 4.78 is 17.7. The number of hydrogen-bond acceptors (Lipinski definition) is 6. The summed E-state index contributed by atoms with van der Waals surface area (Å²) in [7, 11) is 1.56. The summed E-state index contributed by atoms with van der Waals surface area (Å²) >= 11 is 9.37. The summed E-state index contributed by atoms with van der Waals surface area (Å²) in [5, 5.41) is 4.67. The standard InChI is InChI=1S/C23H21BrClN3O4/c1-30-21-14-16(15-27-28-23(29)17-7-9-26-10-8-17)13-20(24)22(21)32-12-2-11-31-19-5-3-18(25)4-6-19/h3-10,13-15H,2,11-12H2,1H3,(H,28,29)/b27-15-. The highest BCUT2D eigenvalue weighted by Gasteiger charge is 2.11. The molecule has 0 radical (unpaired) electrons. The van der Waals surface area contributed by atoms with E-state index in [2.05, 4.69) is 31.4 Å². The molecule has 0 aliphatic heterocycles. The lowest BCUT2D eigenvalue weighted by Crippen LogP contribution is -2.17. The number of hydrogen-bond donors (Lipinski definition) is 1. The lowest BCUT2D eigenvalue weighted by atomic mass is 10.2. The first kappa shape index (κ1) is 23.6. The van der Waals surface area contributed by atoms with Gasteiger partial charge in [0.2, 0.25) is 0 Å². The van der Waals surface area contributed by atoms with E-state index in [4.69, 9.17) is 25.8 Å². The third-order valence-corrected chi connectivity index (χ3v) is 5.03. The molecule has 3 aromatic rings. The quantitative estimate of drug-likeness (QED) is 0.229. The van der Waals surface area contributed by atoms with Gasteiger partial charge in [-0.2, -0.15) is 5.10 Å². The Morgan fingerprint density at radius 3 is 2.56 bits per heavy atom. The molecule has 1 amide bonds. The first-order valence-electron chi connectivity index (χ1n) is 9.69. The highest BCUT2D eigenvalue weighted by Crippen LogP contribution is 2.36. The third kappa shape index (κ3) is 6.96. The van der Waals surface area contributed by atoms with Crippen molar-refractivity contribution in [3.05, 3.63) is 81.5 Å². The second-order valence-corrected chi connectivity index (χ2v) is 7.76. The zero-order valence-corrected chi connectivity index (χ0v) is 19.6. The Bertz CT molecular complexity index is 1060.